The maximum absolute atomic E-state index is 14.1. The molecule has 1 saturated heterocycles. The van der Waals surface area contributed by atoms with E-state index in [1.165, 1.54) is 11.6 Å². The van der Waals surface area contributed by atoms with Crippen molar-refractivity contribution < 1.29 is 27.2 Å². The second kappa shape index (κ2) is 11.9. The van der Waals surface area contributed by atoms with Crippen LogP contribution in [0.1, 0.15) is 95.5 Å². The lowest BCUT2D eigenvalue weighted by molar-refractivity contribution is -0.138. The van der Waals surface area contributed by atoms with Gasteiger partial charge in [-0.15, -0.1) is 0 Å². The summed E-state index contributed by atoms with van der Waals surface area (Å²) in [5, 5.41) is 4.00. The molecule has 1 aliphatic heterocycles. The zero-order chi connectivity index (χ0) is 30.9. The van der Waals surface area contributed by atoms with Crippen molar-refractivity contribution in [2.75, 3.05) is 6.54 Å². The van der Waals surface area contributed by atoms with Gasteiger partial charge in [-0.2, -0.15) is 23.1 Å². The summed E-state index contributed by atoms with van der Waals surface area (Å²) < 4.78 is 53.2. The molecule has 1 aliphatic rings. The van der Waals surface area contributed by atoms with E-state index in [0.29, 0.717) is 25.2 Å². The molecule has 0 aliphatic carbocycles. The van der Waals surface area contributed by atoms with Crippen molar-refractivity contribution in [3.8, 4) is 11.4 Å². The van der Waals surface area contributed by atoms with Gasteiger partial charge in [0, 0.05) is 12.1 Å². The number of aliphatic imine (C=N–C) groups is 1. The Hall–Kier alpha value is -3.69. The quantitative estimate of drug-likeness (QED) is 0.222. The van der Waals surface area contributed by atoms with Gasteiger partial charge in [-0.3, -0.25) is 0 Å². The summed E-state index contributed by atoms with van der Waals surface area (Å²) in [6, 6.07) is 11.9. The number of nitrogens with zero attached hydrogens (tertiary/aromatic N) is 4. The van der Waals surface area contributed by atoms with Crippen LogP contribution >= 0.6 is 0 Å². The van der Waals surface area contributed by atoms with E-state index in [1.54, 1.807) is 33.8 Å². The first-order chi connectivity index (χ1) is 19.5. The monoisotopic (exact) mass is 584 g/mol. The molecule has 0 saturated carbocycles. The fraction of sp³-hybridized carbons (Fsp3) is 0.500. The Kier molecular flexibility index (Phi) is 8.85. The summed E-state index contributed by atoms with van der Waals surface area (Å²) in [7, 11) is 0. The maximum Gasteiger partial charge on any atom is 0.435 e. The minimum atomic E-state index is -4.54. The van der Waals surface area contributed by atoms with Crippen LogP contribution < -0.4 is 0 Å². The maximum atomic E-state index is 14.1. The average Bonchev–Trinajstić information content (AvgIpc) is 3.55. The Balaban J connectivity index is 1.52. The zero-order valence-electron chi connectivity index (χ0n) is 25.3. The third-order valence-electron chi connectivity index (χ3n) is 7.22. The zero-order valence-corrected chi connectivity index (χ0v) is 25.3. The van der Waals surface area contributed by atoms with Crippen LogP contribution in [0.25, 0.3) is 11.4 Å². The first kappa shape index (κ1) is 31.3. The fourth-order valence-electron chi connectivity index (χ4n) is 5.03. The summed E-state index contributed by atoms with van der Waals surface area (Å²) >= 11 is 0. The van der Waals surface area contributed by atoms with Crippen LogP contribution in [0.5, 0.6) is 0 Å². The van der Waals surface area contributed by atoms with E-state index in [-0.39, 0.29) is 40.7 Å². The molecule has 0 spiro atoms. The summed E-state index contributed by atoms with van der Waals surface area (Å²) in [5.41, 5.74) is 1.22. The van der Waals surface area contributed by atoms with E-state index in [1.807, 2.05) is 29.2 Å². The molecule has 0 bridgehead atoms. The van der Waals surface area contributed by atoms with Gasteiger partial charge in [0.2, 0.25) is 11.7 Å². The van der Waals surface area contributed by atoms with E-state index in [2.05, 4.69) is 35.9 Å². The largest absolute Gasteiger partial charge is 0.442 e. The number of ether oxygens (including phenoxy) is 1. The number of amidine groups is 1. The molecule has 0 radical (unpaired) electrons. The molecule has 1 aromatic heterocycles. The second-order valence-electron chi connectivity index (χ2n) is 12.8. The predicted molar refractivity (Wildman–Crippen MR) is 155 cm³/mol. The van der Waals surface area contributed by atoms with Gasteiger partial charge >= 0.3 is 12.3 Å². The highest BCUT2D eigenvalue weighted by Crippen LogP contribution is 2.37. The summed E-state index contributed by atoms with van der Waals surface area (Å²) in [5.74, 6) is 0.786. The Bertz CT molecular complexity index is 1430. The molecular formula is C32H39F3N4O3. The van der Waals surface area contributed by atoms with Crippen molar-refractivity contribution in [3.05, 3.63) is 70.6 Å². The van der Waals surface area contributed by atoms with Crippen molar-refractivity contribution >= 4 is 11.9 Å². The number of aromatic nitrogens is 2. The van der Waals surface area contributed by atoms with Gasteiger partial charge in [0.25, 0.3) is 0 Å². The summed E-state index contributed by atoms with van der Waals surface area (Å²) in [4.78, 5) is 22.6. The number of hydrogen-bond donors (Lipinski definition) is 0. The molecule has 2 heterocycles. The topological polar surface area (TPSA) is 80.8 Å². The molecule has 42 heavy (non-hydrogen) atoms. The van der Waals surface area contributed by atoms with Crippen LogP contribution in [0.3, 0.4) is 0 Å². The molecule has 7 nitrogen and oxygen atoms in total. The molecule has 4 rings (SSSR count). The molecule has 3 aromatic rings. The molecule has 226 valence electrons. The summed E-state index contributed by atoms with van der Waals surface area (Å²) in [6.07, 6.45) is -3.03. The highest BCUT2D eigenvalue weighted by Gasteiger charge is 2.35. The first-order valence-corrected chi connectivity index (χ1v) is 14.2. The molecule has 1 fully saturated rings. The van der Waals surface area contributed by atoms with E-state index < -0.39 is 23.4 Å². The Morgan fingerprint density at radius 1 is 1.05 bits per heavy atom. The molecule has 0 N–H and O–H groups in total. The molecule has 10 heteroatoms. The Labute approximate surface area is 245 Å². The number of benzene rings is 2. The van der Waals surface area contributed by atoms with E-state index >= 15 is 0 Å². The Morgan fingerprint density at radius 2 is 1.74 bits per heavy atom. The number of carbonyl (C=O) groups excluding carboxylic acids is 1. The van der Waals surface area contributed by atoms with Crippen LogP contribution in [0.4, 0.5) is 18.0 Å². The third kappa shape index (κ3) is 7.77. The smallest absolute Gasteiger partial charge is 0.435 e. The highest BCUT2D eigenvalue weighted by molar-refractivity contribution is 5.90. The SMILES string of the molecule is CC(=NC(=O)OC(C)(C)C)N1CCC[C@H]1c1nc(-c2ccc(CCc3ccc(C(C)(C)C)cc3)c(C(F)(F)F)c2)no1. The number of aryl methyl sites for hydroxylation is 2. The average molecular weight is 585 g/mol. The lowest BCUT2D eigenvalue weighted by Gasteiger charge is -2.24. The Morgan fingerprint density at radius 3 is 2.36 bits per heavy atom. The van der Waals surface area contributed by atoms with Crippen LogP contribution in [-0.2, 0) is 29.2 Å². The summed E-state index contributed by atoms with van der Waals surface area (Å²) in [6.45, 7) is 14.0. The van der Waals surface area contributed by atoms with Crippen LogP contribution in [-0.4, -0.2) is 39.1 Å². The number of halogens is 3. The number of carbonyl (C=O) groups is 1. The van der Waals surface area contributed by atoms with Crippen molar-refractivity contribution in [1.82, 2.24) is 15.0 Å². The van der Waals surface area contributed by atoms with Crippen LogP contribution in [0.2, 0.25) is 0 Å². The number of alkyl halides is 3. The van der Waals surface area contributed by atoms with Gasteiger partial charge < -0.3 is 14.2 Å². The number of amides is 1. The number of hydrogen-bond acceptors (Lipinski definition) is 5. The highest BCUT2D eigenvalue weighted by atomic mass is 19.4. The van der Waals surface area contributed by atoms with Gasteiger partial charge in [0.05, 0.1) is 5.56 Å². The second-order valence-corrected chi connectivity index (χ2v) is 12.8. The minimum Gasteiger partial charge on any atom is -0.442 e. The van der Waals surface area contributed by atoms with Gasteiger partial charge in [0.15, 0.2) is 0 Å². The molecule has 0 unspecified atom stereocenters. The minimum absolute atomic E-state index is 0.00931. The van der Waals surface area contributed by atoms with Gasteiger partial charge in [-0.05, 0) is 81.5 Å². The molecule has 1 atom stereocenters. The standard InChI is InChI=1S/C32H39F3N4O3/c1-20(36-29(40)41-31(5,6)7)39-18-8-9-26(39)28-37-27(38-42-28)23-15-14-22(25(19-23)32(33,34)35)13-10-21-11-16-24(17-12-21)30(2,3)4/h11-12,14-17,19,26H,8-10,13,18H2,1-7H3/t26-/m0/s1. The lowest BCUT2D eigenvalue weighted by Crippen LogP contribution is -2.30. The van der Waals surface area contributed by atoms with Crippen molar-refractivity contribution in [2.24, 2.45) is 4.99 Å². The van der Waals surface area contributed by atoms with Crippen molar-refractivity contribution in [2.45, 2.75) is 97.4 Å². The van der Waals surface area contributed by atoms with Gasteiger partial charge in [0.1, 0.15) is 17.5 Å². The van der Waals surface area contributed by atoms with Gasteiger partial charge in [-0.1, -0.05) is 62.3 Å². The fourth-order valence-corrected chi connectivity index (χ4v) is 5.03. The predicted octanol–water partition coefficient (Wildman–Crippen LogP) is 8.33. The van der Waals surface area contributed by atoms with Crippen LogP contribution in [0.15, 0.2) is 52.0 Å². The molecule has 1 amide bonds. The molecular weight excluding hydrogens is 545 g/mol. The number of likely N-dealkylation sites (tertiary alicyclic amines) is 1. The van der Waals surface area contributed by atoms with Crippen molar-refractivity contribution in [1.29, 1.82) is 0 Å². The normalized spacial score (nSPS) is 16.7. The first-order valence-electron chi connectivity index (χ1n) is 14.2. The molecule has 2 aromatic carbocycles. The third-order valence-corrected chi connectivity index (χ3v) is 7.22. The van der Waals surface area contributed by atoms with E-state index in [0.717, 1.165) is 18.1 Å². The van der Waals surface area contributed by atoms with Crippen molar-refractivity contribution in [3.63, 3.8) is 0 Å². The number of rotatable bonds is 5. The van der Waals surface area contributed by atoms with E-state index in [9.17, 15) is 18.0 Å². The van der Waals surface area contributed by atoms with Gasteiger partial charge in [-0.25, -0.2) is 4.79 Å². The van der Waals surface area contributed by atoms with E-state index in [4.69, 9.17) is 9.26 Å². The van der Waals surface area contributed by atoms with Crippen LogP contribution in [0, 0.1) is 0 Å². The lowest BCUT2D eigenvalue weighted by atomic mass is 9.86.